The maximum atomic E-state index is 5.70. The van der Waals surface area contributed by atoms with E-state index in [1.807, 2.05) is 18.5 Å². The highest BCUT2D eigenvalue weighted by Crippen LogP contribution is 2.26. The van der Waals surface area contributed by atoms with Crippen molar-refractivity contribution in [3.63, 3.8) is 0 Å². The van der Waals surface area contributed by atoms with Gasteiger partial charge in [-0.05, 0) is 17.4 Å². The lowest BCUT2D eigenvalue weighted by atomic mass is 9.98. The zero-order valence-electron chi connectivity index (χ0n) is 10.9. The van der Waals surface area contributed by atoms with Gasteiger partial charge in [0.2, 0.25) is 0 Å². The monoisotopic (exact) mass is 243 g/mol. The Morgan fingerprint density at radius 2 is 2.06 bits per heavy atom. The number of nitrogens with zero attached hydrogens (tertiary/aromatic N) is 1. The van der Waals surface area contributed by atoms with E-state index in [0.29, 0.717) is 0 Å². The first kappa shape index (κ1) is 13.0. The predicted molar refractivity (Wildman–Crippen MR) is 75.9 cm³/mol. The summed E-state index contributed by atoms with van der Waals surface area (Å²) in [5.74, 6) is 5.70. The molecular formula is C15H21N3. The van der Waals surface area contributed by atoms with Crippen LogP contribution in [0.4, 0.5) is 0 Å². The maximum Gasteiger partial charge on any atom is 0.0481 e. The summed E-state index contributed by atoms with van der Waals surface area (Å²) in [6.07, 6.45) is 8.55. The van der Waals surface area contributed by atoms with Crippen LogP contribution in [0.15, 0.2) is 36.7 Å². The molecule has 0 aliphatic heterocycles. The molecule has 0 aliphatic rings. The van der Waals surface area contributed by atoms with E-state index in [1.165, 1.54) is 35.6 Å². The number of benzene rings is 1. The van der Waals surface area contributed by atoms with Crippen LogP contribution < -0.4 is 11.3 Å². The lowest BCUT2D eigenvalue weighted by molar-refractivity contribution is 0.488. The van der Waals surface area contributed by atoms with Gasteiger partial charge in [-0.15, -0.1) is 0 Å². The fourth-order valence-electron chi connectivity index (χ4n) is 2.34. The van der Waals surface area contributed by atoms with Gasteiger partial charge in [-0.3, -0.25) is 16.3 Å². The average Bonchev–Trinajstić information content (AvgIpc) is 2.43. The van der Waals surface area contributed by atoms with E-state index in [4.69, 9.17) is 5.84 Å². The molecule has 1 unspecified atom stereocenters. The Hall–Kier alpha value is -1.45. The van der Waals surface area contributed by atoms with Crippen molar-refractivity contribution in [3.8, 4) is 0 Å². The van der Waals surface area contributed by atoms with Gasteiger partial charge in [-0.1, -0.05) is 50.5 Å². The Morgan fingerprint density at radius 1 is 1.22 bits per heavy atom. The first-order chi connectivity index (χ1) is 8.86. The van der Waals surface area contributed by atoms with Gasteiger partial charge in [0.15, 0.2) is 0 Å². The smallest absolute Gasteiger partial charge is 0.0481 e. The van der Waals surface area contributed by atoms with E-state index in [9.17, 15) is 0 Å². The fourth-order valence-corrected chi connectivity index (χ4v) is 2.34. The fraction of sp³-hybridized carbons (Fsp3) is 0.400. The molecule has 0 bridgehead atoms. The van der Waals surface area contributed by atoms with Gasteiger partial charge in [0.05, 0.1) is 0 Å². The van der Waals surface area contributed by atoms with Crippen molar-refractivity contribution >= 4 is 10.8 Å². The molecule has 1 heterocycles. The molecule has 0 amide bonds. The third-order valence-corrected chi connectivity index (χ3v) is 3.37. The second-order valence-corrected chi connectivity index (χ2v) is 4.66. The summed E-state index contributed by atoms with van der Waals surface area (Å²) in [7, 11) is 0. The molecule has 18 heavy (non-hydrogen) atoms. The van der Waals surface area contributed by atoms with E-state index < -0.39 is 0 Å². The maximum absolute atomic E-state index is 5.70. The molecule has 1 atom stereocenters. The van der Waals surface area contributed by atoms with Crippen LogP contribution in [0.5, 0.6) is 0 Å². The number of nitrogens with two attached hydrogens (primary N) is 1. The van der Waals surface area contributed by atoms with Gasteiger partial charge in [-0.25, -0.2) is 0 Å². The summed E-state index contributed by atoms with van der Waals surface area (Å²) < 4.78 is 0. The number of nitrogens with one attached hydrogen (secondary N) is 1. The Morgan fingerprint density at radius 3 is 2.83 bits per heavy atom. The number of rotatable bonds is 6. The molecular weight excluding hydrogens is 222 g/mol. The zero-order valence-corrected chi connectivity index (χ0v) is 10.9. The minimum Gasteiger partial charge on any atom is -0.271 e. The normalized spacial score (nSPS) is 12.8. The van der Waals surface area contributed by atoms with Gasteiger partial charge in [0.1, 0.15) is 0 Å². The molecule has 0 saturated carbocycles. The third-order valence-electron chi connectivity index (χ3n) is 3.37. The summed E-state index contributed by atoms with van der Waals surface area (Å²) in [5.41, 5.74) is 4.13. The highest BCUT2D eigenvalue weighted by molar-refractivity contribution is 5.85. The minimum absolute atomic E-state index is 0.190. The Bertz CT molecular complexity index is 491. The molecule has 3 nitrogen and oxygen atoms in total. The number of fused-ring (bicyclic) bond motifs is 1. The molecule has 0 saturated heterocycles. The summed E-state index contributed by atoms with van der Waals surface area (Å²) >= 11 is 0. The van der Waals surface area contributed by atoms with Crippen LogP contribution >= 0.6 is 0 Å². The van der Waals surface area contributed by atoms with E-state index in [2.05, 4.69) is 35.5 Å². The molecule has 3 heteroatoms. The highest BCUT2D eigenvalue weighted by atomic mass is 15.2. The lowest BCUT2D eigenvalue weighted by Gasteiger charge is -2.17. The number of hydrazine groups is 1. The van der Waals surface area contributed by atoms with Crippen molar-refractivity contribution in [3.05, 3.63) is 42.2 Å². The number of hydrogen-bond donors (Lipinski definition) is 2. The Balaban J connectivity index is 2.27. The molecule has 96 valence electrons. The molecule has 1 aromatic carbocycles. The van der Waals surface area contributed by atoms with Crippen LogP contribution in [0.1, 0.15) is 44.2 Å². The highest BCUT2D eigenvalue weighted by Gasteiger charge is 2.12. The van der Waals surface area contributed by atoms with Crippen molar-refractivity contribution in [1.82, 2.24) is 10.4 Å². The van der Waals surface area contributed by atoms with Crippen LogP contribution in [0.2, 0.25) is 0 Å². The largest absolute Gasteiger partial charge is 0.271 e. The number of hydrogen-bond acceptors (Lipinski definition) is 3. The molecule has 0 fully saturated rings. The SMILES string of the molecule is CCCCCC(NN)c1cncc2ccccc12. The van der Waals surface area contributed by atoms with Crippen LogP contribution in [-0.4, -0.2) is 4.98 Å². The van der Waals surface area contributed by atoms with Gasteiger partial charge >= 0.3 is 0 Å². The molecule has 0 spiro atoms. The second kappa shape index (κ2) is 6.47. The molecule has 2 rings (SSSR count). The van der Waals surface area contributed by atoms with Crippen LogP contribution in [-0.2, 0) is 0 Å². The van der Waals surface area contributed by atoms with E-state index in [0.717, 1.165) is 6.42 Å². The van der Waals surface area contributed by atoms with E-state index >= 15 is 0 Å². The summed E-state index contributed by atoms with van der Waals surface area (Å²) in [5, 5.41) is 2.41. The number of unbranched alkanes of at least 4 members (excludes halogenated alkanes) is 2. The molecule has 1 aromatic heterocycles. The van der Waals surface area contributed by atoms with E-state index in [-0.39, 0.29) is 6.04 Å². The van der Waals surface area contributed by atoms with Crippen LogP contribution in [0, 0.1) is 0 Å². The van der Waals surface area contributed by atoms with Gasteiger partial charge < -0.3 is 0 Å². The summed E-state index contributed by atoms with van der Waals surface area (Å²) in [6.45, 7) is 2.21. The predicted octanol–water partition coefficient (Wildman–Crippen LogP) is 3.32. The molecule has 0 aliphatic carbocycles. The van der Waals surface area contributed by atoms with Crippen molar-refractivity contribution in [2.75, 3.05) is 0 Å². The number of aromatic nitrogens is 1. The van der Waals surface area contributed by atoms with Crippen molar-refractivity contribution in [2.45, 2.75) is 38.6 Å². The van der Waals surface area contributed by atoms with Crippen molar-refractivity contribution in [2.24, 2.45) is 5.84 Å². The summed E-state index contributed by atoms with van der Waals surface area (Å²) in [6, 6.07) is 8.51. The minimum atomic E-state index is 0.190. The van der Waals surface area contributed by atoms with Gasteiger partial charge in [0, 0.05) is 23.8 Å². The van der Waals surface area contributed by atoms with Crippen molar-refractivity contribution < 1.29 is 0 Å². The van der Waals surface area contributed by atoms with Gasteiger partial charge in [-0.2, -0.15) is 0 Å². The summed E-state index contributed by atoms with van der Waals surface area (Å²) in [4.78, 5) is 4.31. The second-order valence-electron chi connectivity index (χ2n) is 4.66. The zero-order chi connectivity index (χ0) is 12.8. The number of pyridine rings is 1. The molecule has 3 N–H and O–H groups in total. The van der Waals surface area contributed by atoms with Crippen LogP contribution in [0.25, 0.3) is 10.8 Å². The average molecular weight is 243 g/mol. The van der Waals surface area contributed by atoms with Crippen LogP contribution in [0.3, 0.4) is 0 Å². The Kier molecular flexibility index (Phi) is 4.67. The Labute approximate surface area is 108 Å². The standard InChI is InChI=1S/C15H21N3/c1-2-3-4-9-15(18-16)14-11-17-10-12-7-5-6-8-13(12)14/h5-8,10-11,15,18H,2-4,9,16H2,1H3. The molecule has 0 radical (unpaired) electrons. The van der Waals surface area contributed by atoms with Gasteiger partial charge in [0.25, 0.3) is 0 Å². The van der Waals surface area contributed by atoms with E-state index in [1.54, 1.807) is 0 Å². The lowest BCUT2D eigenvalue weighted by Crippen LogP contribution is -2.28. The first-order valence-corrected chi connectivity index (χ1v) is 6.65. The topological polar surface area (TPSA) is 50.9 Å². The quantitative estimate of drug-likeness (QED) is 0.465. The van der Waals surface area contributed by atoms with Crippen molar-refractivity contribution in [1.29, 1.82) is 0 Å². The first-order valence-electron chi connectivity index (χ1n) is 6.65. The third kappa shape index (κ3) is 2.86. The molecule has 2 aromatic rings.